The second-order valence-corrected chi connectivity index (χ2v) is 2.69. The predicted molar refractivity (Wildman–Crippen MR) is 73.6 cm³/mol. The molecule has 0 aliphatic rings. The highest BCUT2D eigenvalue weighted by Gasteiger charge is 2.15. The van der Waals surface area contributed by atoms with E-state index in [1.54, 1.807) is 6.92 Å². The van der Waals surface area contributed by atoms with Crippen molar-refractivity contribution in [3.8, 4) is 59.7 Å². The number of terminal acetylenes is 1. The smallest absolute Gasteiger partial charge is 0.245 e. The molecule has 0 saturated carbocycles. The van der Waals surface area contributed by atoms with Crippen molar-refractivity contribution in [1.82, 2.24) is 0 Å². The van der Waals surface area contributed by atoms with Gasteiger partial charge in [-0.25, -0.2) is 8.78 Å². The van der Waals surface area contributed by atoms with E-state index in [1.165, 1.54) is 6.92 Å². The fraction of sp³-hybridized carbons (Fsp3) is 0.312. The van der Waals surface area contributed by atoms with Crippen molar-refractivity contribution in [2.45, 2.75) is 33.1 Å². The molecule has 3 heteroatoms. The van der Waals surface area contributed by atoms with Crippen LogP contribution in [0.2, 0.25) is 0 Å². The van der Waals surface area contributed by atoms with E-state index in [2.05, 4.69) is 53.3 Å². The number of hydrogen-bond acceptors (Lipinski definition) is 1. The zero-order valence-corrected chi connectivity index (χ0v) is 11.2. The van der Waals surface area contributed by atoms with Crippen LogP contribution < -0.4 is 0 Å². The van der Waals surface area contributed by atoms with Gasteiger partial charge in [0.2, 0.25) is 5.92 Å². The average Bonchev–Trinajstić information content (AvgIpc) is 2.40. The minimum atomic E-state index is -2.46. The molecule has 0 rings (SSSR count). The van der Waals surface area contributed by atoms with Gasteiger partial charge < -0.3 is 4.79 Å². The Hall–Kier alpha value is -2.67. The van der Waals surface area contributed by atoms with Crippen LogP contribution in [0.15, 0.2) is 0 Å². The minimum absolute atomic E-state index is 0.0625. The van der Waals surface area contributed by atoms with Crippen molar-refractivity contribution >= 4 is 6.79 Å². The predicted octanol–water partition coefficient (Wildman–Crippen LogP) is 2.52. The van der Waals surface area contributed by atoms with E-state index in [1.807, 2.05) is 6.79 Å². The van der Waals surface area contributed by atoms with Gasteiger partial charge in [0.25, 0.3) is 0 Å². The molecule has 0 fully saturated rings. The maximum atomic E-state index is 11.5. The number of carbonyl (C=O) groups excluding carboxylic acids is 1. The summed E-state index contributed by atoms with van der Waals surface area (Å²) in [6.45, 7) is 6.08. The van der Waals surface area contributed by atoms with Gasteiger partial charge in [-0.3, -0.25) is 0 Å². The zero-order chi connectivity index (χ0) is 15.6. The summed E-state index contributed by atoms with van der Waals surface area (Å²) in [5.74, 6) is 19.5. The first-order valence-corrected chi connectivity index (χ1v) is 5.02. The zero-order valence-electron chi connectivity index (χ0n) is 11.2. The second kappa shape index (κ2) is 17.7. The van der Waals surface area contributed by atoms with Crippen molar-refractivity contribution in [3.05, 3.63) is 0 Å². The summed E-state index contributed by atoms with van der Waals surface area (Å²) < 4.78 is 22.9. The summed E-state index contributed by atoms with van der Waals surface area (Å²) in [6.07, 6.45) is 4.78. The van der Waals surface area contributed by atoms with Gasteiger partial charge >= 0.3 is 0 Å². The Morgan fingerprint density at radius 3 is 1.58 bits per heavy atom. The van der Waals surface area contributed by atoms with Crippen LogP contribution in [0.3, 0.4) is 0 Å². The molecule has 0 heterocycles. The molecule has 0 aromatic rings. The lowest BCUT2D eigenvalue weighted by molar-refractivity contribution is -0.0980. The maximum Gasteiger partial charge on any atom is 0.245 e. The molecule has 0 amide bonds. The molecule has 0 aromatic heterocycles. The van der Waals surface area contributed by atoms with Gasteiger partial charge in [0.15, 0.2) is 0 Å². The van der Waals surface area contributed by atoms with E-state index in [9.17, 15) is 8.78 Å². The van der Waals surface area contributed by atoms with Crippen LogP contribution >= 0.6 is 0 Å². The van der Waals surface area contributed by atoms with Crippen LogP contribution in [-0.4, -0.2) is 12.7 Å². The third kappa shape index (κ3) is 39.3. The standard InChI is InChI=1S/C11H4.C4H8F2.CH2O/c1-3-5-7-9-11-10-8-6-4-2;1-3-4(2,5)6;1-2/h1H,2H3;3H2,1-2H3;1H2. The number of alkyl halides is 2. The van der Waals surface area contributed by atoms with Crippen molar-refractivity contribution in [1.29, 1.82) is 0 Å². The first-order valence-electron chi connectivity index (χ1n) is 5.02. The Morgan fingerprint density at radius 1 is 1.00 bits per heavy atom. The number of hydrogen-bond donors (Lipinski definition) is 0. The third-order valence-corrected chi connectivity index (χ3v) is 1.19. The SMILES string of the molecule is C#CC#CC#CC#CC#CC.C=O.CCC(C)(F)F. The Labute approximate surface area is 114 Å². The van der Waals surface area contributed by atoms with Gasteiger partial charge in [0.1, 0.15) is 6.79 Å². The van der Waals surface area contributed by atoms with Crippen molar-refractivity contribution in [2.75, 3.05) is 0 Å². The normalized spacial score (nSPS) is 6.11. The van der Waals surface area contributed by atoms with Crippen LogP contribution in [-0.2, 0) is 4.79 Å². The highest BCUT2D eigenvalue weighted by molar-refractivity contribution is 5.41. The van der Waals surface area contributed by atoms with E-state index in [-0.39, 0.29) is 6.42 Å². The fourth-order valence-corrected chi connectivity index (χ4v) is 0.255. The lowest BCUT2D eigenvalue weighted by atomic mass is 10.3. The molecule has 19 heavy (non-hydrogen) atoms. The van der Waals surface area contributed by atoms with E-state index >= 15 is 0 Å². The van der Waals surface area contributed by atoms with Crippen LogP contribution in [0.4, 0.5) is 8.78 Å². The van der Waals surface area contributed by atoms with E-state index in [4.69, 9.17) is 11.2 Å². The van der Waals surface area contributed by atoms with Gasteiger partial charge in [0.05, 0.1) is 0 Å². The molecule has 0 aliphatic heterocycles. The molecular formula is C16H14F2O. The van der Waals surface area contributed by atoms with Gasteiger partial charge in [-0.05, 0) is 61.2 Å². The molecule has 0 atom stereocenters. The molecule has 0 unspecified atom stereocenters. The summed E-state index contributed by atoms with van der Waals surface area (Å²) in [5, 5.41) is 0. The molecule has 0 aliphatic carbocycles. The molecule has 0 radical (unpaired) electrons. The Kier molecular flexibility index (Phi) is 20.1. The van der Waals surface area contributed by atoms with Crippen LogP contribution in [0, 0.1) is 59.7 Å². The molecule has 0 aromatic carbocycles. The lowest BCUT2D eigenvalue weighted by Gasteiger charge is -2.02. The summed E-state index contributed by atoms with van der Waals surface area (Å²) in [4.78, 5) is 8.00. The summed E-state index contributed by atoms with van der Waals surface area (Å²) >= 11 is 0. The van der Waals surface area contributed by atoms with Gasteiger partial charge in [-0.15, -0.1) is 6.42 Å². The summed E-state index contributed by atoms with van der Waals surface area (Å²) in [7, 11) is 0. The fourth-order valence-electron chi connectivity index (χ4n) is 0.255. The maximum absolute atomic E-state index is 11.5. The van der Waals surface area contributed by atoms with E-state index < -0.39 is 5.92 Å². The van der Waals surface area contributed by atoms with E-state index in [0.717, 1.165) is 6.92 Å². The highest BCUT2D eigenvalue weighted by Crippen LogP contribution is 2.14. The number of rotatable bonds is 1. The molecule has 0 saturated heterocycles. The lowest BCUT2D eigenvalue weighted by Crippen LogP contribution is -2.05. The molecule has 98 valence electrons. The molecular weight excluding hydrogens is 246 g/mol. The molecule has 0 N–H and O–H groups in total. The quantitative estimate of drug-likeness (QED) is 0.662. The van der Waals surface area contributed by atoms with Crippen molar-refractivity contribution in [3.63, 3.8) is 0 Å². The number of halogens is 2. The minimum Gasteiger partial charge on any atom is -0.307 e. The van der Waals surface area contributed by atoms with Gasteiger partial charge in [0, 0.05) is 6.42 Å². The first kappa shape index (κ1) is 21.6. The summed E-state index contributed by atoms with van der Waals surface area (Å²) in [5.41, 5.74) is 0. The second-order valence-electron chi connectivity index (χ2n) is 2.69. The Balaban J connectivity index is -0.000000271. The Bertz CT molecular complexity index is 503. The monoisotopic (exact) mass is 260 g/mol. The highest BCUT2D eigenvalue weighted by atomic mass is 19.3. The Morgan fingerprint density at radius 2 is 1.32 bits per heavy atom. The largest absolute Gasteiger partial charge is 0.307 e. The topological polar surface area (TPSA) is 17.1 Å². The molecule has 0 spiro atoms. The van der Waals surface area contributed by atoms with Crippen LogP contribution in [0.5, 0.6) is 0 Å². The first-order chi connectivity index (χ1) is 8.97. The number of carbonyl (C=O) groups is 1. The van der Waals surface area contributed by atoms with Crippen LogP contribution in [0.25, 0.3) is 0 Å². The van der Waals surface area contributed by atoms with E-state index in [0.29, 0.717) is 0 Å². The molecule has 0 bridgehead atoms. The van der Waals surface area contributed by atoms with Gasteiger partial charge in [-0.2, -0.15) is 0 Å². The van der Waals surface area contributed by atoms with Crippen LogP contribution in [0.1, 0.15) is 27.2 Å². The van der Waals surface area contributed by atoms with Crippen molar-refractivity contribution in [2.24, 2.45) is 0 Å². The molecule has 1 nitrogen and oxygen atoms in total. The summed E-state index contributed by atoms with van der Waals surface area (Å²) in [6, 6.07) is 0. The van der Waals surface area contributed by atoms with Crippen molar-refractivity contribution < 1.29 is 13.6 Å². The van der Waals surface area contributed by atoms with Gasteiger partial charge in [-0.1, -0.05) is 12.8 Å². The third-order valence-electron chi connectivity index (χ3n) is 1.19. The average molecular weight is 260 g/mol.